The van der Waals surface area contributed by atoms with Gasteiger partial charge in [-0.1, -0.05) is 24.3 Å². The Balaban J connectivity index is 1.50. The predicted octanol–water partition coefficient (Wildman–Crippen LogP) is 6.27. The van der Waals surface area contributed by atoms with Gasteiger partial charge in [-0.25, -0.2) is 4.79 Å². The molecule has 0 radical (unpaired) electrons. The van der Waals surface area contributed by atoms with Crippen molar-refractivity contribution in [2.75, 3.05) is 6.54 Å². The lowest BCUT2D eigenvalue weighted by Crippen LogP contribution is -2.37. The number of aryl methyl sites for hydroxylation is 1. The molecule has 2 aliphatic rings. The van der Waals surface area contributed by atoms with E-state index < -0.39 is 5.97 Å². The number of hydrogen-bond acceptors (Lipinski definition) is 2. The second-order valence-corrected chi connectivity index (χ2v) is 9.63. The normalized spacial score (nSPS) is 21.7. The van der Waals surface area contributed by atoms with Gasteiger partial charge in [-0.05, 0) is 97.9 Å². The molecule has 0 bridgehead atoms. The monoisotopic (exact) mass is 428 g/mol. The highest BCUT2D eigenvalue weighted by molar-refractivity contribution is 5.88. The van der Waals surface area contributed by atoms with E-state index in [1.165, 1.54) is 52.4 Å². The van der Waals surface area contributed by atoms with Crippen LogP contribution in [-0.4, -0.2) is 27.5 Å². The van der Waals surface area contributed by atoms with Crippen LogP contribution in [0, 0.1) is 18.8 Å². The lowest BCUT2D eigenvalue weighted by molar-refractivity contribution is 0.0696. The van der Waals surface area contributed by atoms with Crippen LogP contribution in [0.4, 0.5) is 0 Å². The molecule has 1 aromatic heterocycles. The van der Waals surface area contributed by atoms with Crippen LogP contribution in [0.3, 0.4) is 0 Å². The Kier molecular flexibility index (Phi) is 5.64. The number of hydrogen-bond donors (Lipinski definition) is 2. The first-order chi connectivity index (χ1) is 15.5. The van der Waals surface area contributed by atoms with E-state index >= 15 is 0 Å². The van der Waals surface area contributed by atoms with Crippen molar-refractivity contribution in [3.63, 3.8) is 0 Å². The third kappa shape index (κ3) is 4.00. The summed E-state index contributed by atoms with van der Waals surface area (Å²) in [5.74, 6) is 0.815. The summed E-state index contributed by atoms with van der Waals surface area (Å²) in [5.41, 5.74) is 6.85. The molecule has 166 valence electrons. The number of piperidine rings is 1. The molecule has 2 heterocycles. The number of fused-ring (bicyclic) bond motifs is 1. The third-order valence-corrected chi connectivity index (χ3v) is 7.56. The molecule has 1 saturated carbocycles. The first-order valence-electron chi connectivity index (χ1n) is 11.8. The number of aromatic carboxylic acids is 1. The molecular formula is C28H32N2O2. The summed E-state index contributed by atoms with van der Waals surface area (Å²) in [7, 11) is 0. The number of aromatic nitrogens is 1. The molecule has 0 amide bonds. The van der Waals surface area contributed by atoms with Crippen LogP contribution in [0.25, 0.3) is 10.9 Å². The van der Waals surface area contributed by atoms with Crippen molar-refractivity contribution in [2.24, 2.45) is 11.8 Å². The number of benzene rings is 2. The summed E-state index contributed by atoms with van der Waals surface area (Å²) in [6.07, 6.45) is 10.1. The smallest absolute Gasteiger partial charge is 0.335 e. The second-order valence-electron chi connectivity index (χ2n) is 9.63. The molecule has 4 nitrogen and oxygen atoms in total. The van der Waals surface area contributed by atoms with Gasteiger partial charge >= 0.3 is 5.97 Å². The fraction of sp³-hybridized carbons (Fsp3) is 0.393. The summed E-state index contributed by atoms with van der Waals surface area (Å²) >= 11 is 0. The van der Waals surface area contributed by atoms with Crippen molar-refractivity contribution in [2.45, 2.75) is 51.6 Å². The van der Waals surface area contributed by atoms with E-state index in [1.54, 1.807) is 12.1 Å². The first kappa shape index (κ1) is 21.0. The van der Waals surface area contributed by atoms with E-state index in [1.807, 2.05) is 24.4 Å². The fourth-order valence-corrected chi connectivity index (χ4v) is 5.69. The maximum Gasteiger partial charge on any atom is 0.335 e. The van der Waals surface area contributed by atoms with E-state index in [0.29, 0.717) is 11.6 Å². The maximum atomic E-state index is 11.3. The van der Waals surface area contributed by atoms with Crippen molar-refractivity contribution >= 4 is 16.9 Å². The number of H-pyrrole nitrogens is 1. The zero-order valence-corrected chi connectivity index (χ0v) is 18.8. The van der Waals surface area contributed by atoms with E-state index in [0.717, 1.165) is 37.8 Å². The first-order valence-corrected chi connectivity index (χ1v) is 11.8. The van der Waals surface area contributed by atoms with Gasteiger partial charge < -0.3 is 10.1 Å². The van der Waals surface area contributed by atoms with Gasteiger partial charge in [0, 0.05) is 29.7 Å². The van der Waals surface area contributed by atoms with Crippen LogP contribution in [0.5, 0.6) is 0 Å². The number of carboxylic acids is 1. The van der Waals surface area contributed by atoms with Crippen LogP contribution < -0.4 is 0 Å². The molecule has 0 spiro atoms. The molecule has 1 aliphatic heterocycles. The maximum absolute atomic E-state index is 11.3. The van der Waals surface area contributed by atoms with Crippen LogP contribution in [-0.2, 0) is 13.0 Å². The second kappa shape index (κ2) is 8.59. The largest absolute Gasteiger partial charge is 0.478 e. The zero-order chi connectivity index (χ0) is 22.2. The minimum atomic E-state index is -0.864. The average Bonchev–Trinajstić information content (AvgIpc) is 3.52. The number of allylic oxidation sites excluding steroid dienone is 1. The number of likely N-dealkylation sites (tertiary alicyclic amines) is 1. The molecule has 2 fully saturated rings. The molecule has 32 heavy (non-hydrogen) atoms. The molecule has 2 N–H and O–H groups in total. The molecule has 2 aromatic carbocycles. The Hall–Kier alpha value is -2.85. The highest BCUT2D eigenvalue weighted by Gasteiger charge is 2.38. The molecule has 0 unspecified atom stereocenters. The highest BCUT2D eigenvalue weighted by atomic mass is 16.4. The van der Waals surface area contributed by atoms with Gasteiger partial charge in [0.25, 0.3) is 0 Å². The van der Waals surface area contributed by atoms with E-state index in [-0.39, 0.29) is 0 Å². The van der Waals surface area contributed by atoms with E-state index in [4.69, 9.17) is 0 Å². The minimum Gasteiger partial charge on any atom is -0.478 e. The summed E-state index contributed by atoms with van der Waals surface area (Å²) < 4.78 is 0. The number of nitrogens with zero attached hydrogens (tertiary/aromatic N) is 1. The topological polar surface area (TPSA) is 56.3 Å². The van der Waals surface area contributed by atoms with Gasteiger partial charge in [0.05, 0.1) is 5.56 Å². The van der Waals surface area contributed by atoms with Crippen molar-refractivity contribution < 1.29 is 9.90 Å². The number of nitrogens with one attached hydrogen (secondary N) is 1. The third-order valence-electron chi connectivity index (χ3n) is 7.56. The summed E-state index contributed by atoms with van der Waals surface area (Å²) in [4.78, 5) is 17.4. The fourth-order valence-electron chi connectivity index (χ4n) is 5.69. The summed E-state index contributed by atoms with van der Waals surface area (Å²) in [5, 5.41) is 10.6. The quantitative estimate of drug-likeness (QED) is 0.436. The van der Waals surface area contributed by atoms with Crippen molar-refractivity contribution in [1.29, 1.82) is 0 Å². The van der Waals surface area contributed by atoms with Gasteiger partial charge in [0.15, 0.2) is 0 Å². The van der Waals surface area contributed by atoms with Gasteiger partial charge in [-0.2, -0.15) is 0 Å². The molecule has 1 saturated heterocycles. The average molecular weight is 429 g/mol. The van der Waals surface area contributed by atoms with Crippen LogP contribution in [0.1, 0.15) is 64.3 Å². The number of carbonyl (C=O) groups is 1. The molecule has 2 atom stereocenters. The summed E-state index contributed by atoms with van der Waals surface area (Å²) in [6.45, 7) is 8.15. The Morgan fingerprint density at radius 3 is 2.66 bits per heavy atom. The van der Waals surface area contributed by atoms with Crippen LogP contribution >= 0.6 is 0 Å². The van der Waals surface area contributed by atoms with Crippen molar-refractivity contribution in [3.05, 3.63) is 83.1 Å². The van der Waals surface area contributed by atoms with Gasteiger partial charge in [-0.15, -0.1) is 6.58 Å². The van der Waals surface area contributed by atoms with E-state index in [2.05, 4.69) is 35.5 Å². The SMILES string of the molecule is C=CCc1cc(C)c2[nH]ccc2c1CN1CC[C@@H](C2CC2)C[C@H]1c1ccc(C(=O)O)cc1. The van der Waals surface area contributed by atoms with Gasteiger partial charge in [0.1, 0.15) is 0 Å². The Bertz CT molecular complexity index is 1140. The van der Waals surface area contributed by atoms with Gasteiger partial charge in [0.2, 0.25) is 0 Å². The molecule has 4 heteroatoms. The number of rotatable bonds is 7. The van der Waals surface area contributed by atoms with Crippen molar-refractivity contribution in [1.82, 2.24) is 9.88 Å². The molecule has 5 rings (SSSR count). The standard InChI is InChI=1S/C28H32N2O2/c1-3-4-23-15-18(2)27-24(11-13-29-27)25(23)17-30-14-12-22(19-5-6-19)16-26(30)20-7-9-21(10-8-20)28(31)32/h3,7-11,13,15,19,22,26,29H,1,4-6,12,14,16-17H2,2H3,(H,31,32)/t22-,26+/m1/s1. The van der Waals surface area contributed by atoms with Crippen LogP contribution in [0.2, 0.25) is 0 Å². The summed E-state index contributed by atoms with van der Waals surface area (Å²) in [6, 6.07) is 12.4. The Morgan fingerprint density at radius 2 is 1.97 bits per heavy atom. The zero-order valence-electron chi connectivity index (χ0n) is 18.8. The minimum absolute atomic E-state index is 0.323. The van der Waals surface area contributed by atoms with Crippen LogP contribution in [0.15, 0.2) is 55.3 Å². The number of carboxylic acid groups (broad SMARTS) is 1. The molecule has 3 aromatic rings. The lowest BCUT2D eigenvalue weighted by atomic mass is 9.83. The van der Waals surface area contributed by atoms with Crippen molar-refractivity contribution in [3.8, 4) is 0 Å². The molecular weight excluding hydrogens is 396 g/mol. The Morgan fingerprint density at radius 1 is 1.19 bits per heavy atom. The predicted molar refractivity (Wildman–Crippen MR) is 129 cm³/mol. The van der Waals surface area contributed by atoms with Gasteiger partial charge in [-0.3, -0.25) is 4.90 Å². The highest BCUT2D eigenvalue weighted by Crippen LogP contribution is 2.47. The lowest BCUT2D eigenvalue weighted by Gasteiger charge is -2.40. The van der Waals surface area contributed by atoms with E-state index in [9.17, 15) is 9.90 Å². The molecule has 1 aliphatic carbocycles. The Labute approximate surface area is 190 Å². The number of aromatic amines is 1.